The predicted molar refractivity (Wildman–Crippen MR) is 75.3 cm³/mol. The third-order valence-corrected chi connectivity index (χ3v) is 3.45. The zero-order chi connectivity index (χ0) is 14.1. The SMILES string of the molecule is Cc1ccc(C(O)c2cccc(OC3CC3)c2)c(F)c1. The molecule has 1 aliphatic carbocycles. The monoisotopic (exact) mass is 272 g/mol. The van der Waals surface area contributed by atoms with Crippen LogP contribution in [0.5, 0.6) is 5.75 Å². The van der Waals surface area contributed by atoms with E-state index in [-0.39, 0.29) is 5.82 Å². The number of hydrogen-bond acceptors (Lipinski definition) is 2. The lowest BCUT2D eigenvalue weighted by Gasteiger charge is -2.14. The molecule has 2 aromatic carbocycles. The lowest BCUT2D eigenvalue weighted by molar-refractivity contribution is 0.214. The zero-order valence-electron chi connectivity index (χ0n) is 11.3. The molecule has 20 heavy (non-hydrogen) atoms. The van der Waals surface area contributed by atoms with Crippen LogP contribution in [0.25, 0.3) is 0 Å². The maximum atomic E-state index is 13.9. The first-order valence-corrected chi connectivity index (χ1v) is 6.84. The van der Waals surface area contributed by atoms with Gasteiger partial charge >= 0.3 is 0 Å². The molecule has 1 fully saturated rings. The van der Waals surface area contributed by atoms with Crippen LogP contribution in [0.15, 0.2) is 42.5 Å². The van der Waals surface area contributed by atoms with Crippen LogP contribution in [-0.2, 0) is 0 Å². The van der Waals surface area contributed by atoms with E-state index in [4.69, 9.17) is 4.74 Å². The van der Waals surface area contributed by atoms with Crippen molar-refractivity contribution in [1.82, 2.24) is 0 Å². The Morgan fingerprint density at radius 3 is 2.70 bits per heavy atom. The minimum atomic E-state index is -0.974. The van der Waals surface area contributed by atoms with Gasteiger partial charge in [-0.05, 0) is 49.1 Å². The van der Waals surface area contributed by atoms with Crippen molar-refractivity contribution in [3.8, 4) is 5.75 Å². The van der Waals surface area contributed by atoms with Gasteiger partial charge in [-0.25, -0.2) is 4.39 Å². The van der Waals surface area contributed by atoms with Crippen molar-refractivity contribution >= 4 is 0 Å². The van der Waals surface area contributed by atoms with Crippen LogP contribution in [0.4, 0.5) is 4.39 Å². The number of aryl methyl sites for hydroxylation is 1. The van der Waals surface area contributed by atoms with Crippen molar-refractivity contribution in [2.75, 3.05) is 0 Å². The first kappa shape index (κ1) is 13.1. The molecule has 0 aliphatic heterocycles. The Hall–Kier alpha value is -1.87. The molecular weight excluding hydrogens is 255 g/mol. The predicted octanol–water partition coefficient (Wildman–Crippen LogP) is 3.76. The van der Waals surface area contributed by atoms with Gasteiger partial charge in [-0.2, -0.15) is 0 Å². The molecule has 0 spiro atoms. The molecule has 0 radical (unpaired) electrons. The van der Waals surface area contributed by atoms with Crippen LogP contribution in [0.3, 0.4) is 0 Å². The Morgan fingerprint density at radius 1 is 1.20 bits per heavy atom. The van der Waals surface area contributed by atoms with Crippen molar-refractivity contribution in [3.63, 3.8) is 0 Å². The van der Waals surface area contributed by atoms with E-state index in [0.717, 1.165) is 24.2 Å². The van der Waals surface area contributed by atoms with E-state index in [9.17, 15) is 9.50 Å². The second kappa shape index (κ2) is 5.25. The molecule has 2 aromatic rings. The molecule has 1 N–H and O–H groups in total. The van der Waals surface area contributed by atoms with Crippen LogP contribution in [0, 0.1) is 12.7 Å². The van der Waals surface area contributed by atoms with Crippen molar-refractivity contribution < 1.29 is 14.2 Å². The largest absolute Gasteiger partial charge is 0.490 e. The van der Waals surface area contributed by atoms with Crippen LogP contribution in [0.1, 0.15) is 35.6 Å². The van der Waals surface area contributed by atoms with E-state index in [0.29, 0.717) is 17.2 Å². The normalized spacial score (nSPS) is 15.9. The molecule has 1 atom stereocenters. The molecule has 1 aliphatic rings. The average Bonchev–Trinajstić information content (AvgIpc) is 3.22. The summed E-state index contributed by atoms with van der Waals surface area (Å²) in [6.07, 6.45) is 1.50. The van der Waals surface area contributed by atoms with E-state index in [2.05, 4.69) is 0 Å². The Labute approximate surface area is 117 Å². The Kier molecular flexibility index (Phi) is 3.45. The van der Waals surface area contributed by atoms with Gasteiger partial charge in [0.25, 0.3) is 0 Å². The number of ether oxygens (including phenoxy) is 1. The third kappa shape index (κ3) is 2.83. The number of aliphatic hydroxyl groups excluding tert-OH is 1. The fourth-order valence-electron chi connectivity index (χ4n) is 2.17. The second-order valence-corrected chi connectivity index (χ2v) is 5.32. The van der Waals surface area contributed by atoms with E-state index < -0.39 is 6.10 Å². The average molecular weight is 272 g/mol. The molecule has 0 bridgehead atoms. The summed E-state index contributed by atoms with van der Waals surface area (Å²) in [7, 11) is 0. The van der Waals surface area contributed by atoms with Gasteiger partial charge in [-0.15, -0.1) is 0 Å². The van der Waals surface area contributed by atoms with Gasteiger partial charge in [0.1, 0.15) is 17.7 Å². The van der Waals surface area contributed by atoms with E-state index in [1.54, 1.807) is 24.3 Å². The molecule has 104 valence electrons. The second-order valence-electron chi connectivity index (χ2n) is 5.32. The maximum Gasteiger partial charge on any atom is 0.129 e. The minimum absolute atomic E-state index is 0.291. The highest BCUT2D eigenvalue weighted by Crippen LogP contribution is 2.30. The molecule has 3 rings (SSSR count). The summed E-state index contributed by atoms with van der Waals surface area (Å²) >= 11 is 0. The van der Waals surface area contributed by atoms with Gasteiger partial charge in [0.2, 0.25) is 0 Å². The quantitative estimate of drug-likeness (QED) is 0.918. The van der Waals surface area contributed by atoms with Crippen molar-refractivity contribution in [3.05, 3.63) is 65.0 Å². The molecular formula is C17H17FO2. The summed E-state index contributed by atoms with van der Waals surface area (Å²) in [5, 5.41) is 10.3. The van der Waals surface area contributed by atoms with Crippen LogP contribution in [0.2, 0.25) is 0 Å². The van der Waals surface area contributed by atoms with Gasteiger partial charge in [-0.3, -0.25) is 0 Å². The fourth-order valence-corrected chi connectivity index (χ4v) is 2.17. The van der Waals surface area contributed by atoms with E-state index >= 15 is 0 Å². The standard InChI is InChI=1S/C17H17FO2/c1-11-5-8-15(16(18)9-11)17(19)12-3-2-4-14(10-12)20-13-6-7-13/h2-5,8-10,13,17,19H,6-7H2,1H3. The molecule has 0 heterocycles. The number of benzene rings is 2. The molecule has 0 amide bonds. The molecule has 0 saturated heterocycles. The van der Waals surface area contributed by atoms with Gasteiger partial charge in [0.05, 0.1) is 6.10 Å². The third-order valence-electron chi connectivity index (χ3n) is 3.45. The summed E-state index contributed by atoms with van der Waals surface area (Å²) in [5.74, 6) is 0.350. The number of aliphatic hydroxyl groups is 1. The smallest absolute Gasteiger partial charge is 0.129 e. The molecule has 3 heteroatoms. The maximum absolute atomic E-state index is 13.9. The number of hydrogen-bond donors (Lipinski definition) is 1. The number of halogens is 1. The van der Waals surface area contributed by atoms with Crippen LogP contribution < -0.4 is 4.74 Å². The van der Waals surface area contributed by atoms with Crippen molar-refractivity contribution in [1.29, 1.82) is 0 Å². The van der Waals surface area contributed by atoms with Gasteiger partial charge in [-0.1, -0.05) is 24.3 Å². The van der Waals surface area contributed by atoms with Gasteiger partial charge in [0, 0.05) is 5.56 Å². The Morgan fingerprint density at radius 2 is 2.00 bits per heavy atom. The van der Waals surface area contributed by atoms with Crippen molar-refractivity contribution in [2.45, 2.75) is 32.0 Å². The minimum Gasteiger partial charge on any atom is -0.490 e. The zero-order valence-corrected chi connectivity index (χ0v) is 11.3. The van der Waals surface area contributed by atoms with E-state index in [1.807, 2.05) is 19.1 Å². The lowest BCUT2D eigenvalue weighted by Crippen LogP contribution is -2.04. The lowest BCUT2D eigenvalue weighted by atomic mass is 10.00. The van der Waals surface area contributed by atoms with Gasteiger partial charge < -0.3 is 9.84 Å². The fraction of sp³-hybridized carbons (Fsp3) is 0.294. The topological polar surface area (TPSA) is 29.5 Å². The summed E-state index contributed by atoms with van der Waals surface area (Å²) in [5.41, 5.74) is 1.77. The molecule has 1 saturated carbocycles. The Balaban J connectivity index is 1.86. The van der Waals surface area contributed by atoms with Crippen LogP contribution in [-0.4, -0.2) is 11.2 Å². The summed E-state index contributed by atoms with van der Waals surface area (Å²) in [6.45, 7) is 1.82. The highest BCUT2D eigenvalue weighted by Gasteiger charge is 2.24. The van der Waals surface area contributed by atoms with Gasteiger partial charge in [0.15, 0.2) is 0 Å². The first-order chi connectivity index (χ1) is 9.63. The van der Waals surface area contributed by atoms with E-state index in [1.165, 1.54) is 6.07 Å². The first-order valence-electron chi connectivity index (χ1n) is 6.84. The highest BCUT2D eigenvalue weighted by molar-refractivity contribution is 5.37. The number of rotatable bonds is 4. The Bertz CT molecular complexity index is 620. The highest BCUT2D eigenvalue weighted by atomic mass is 19.1. The van der Waals surface area contributed by atoms with Crippen LogP contribution >= 0.6 is 0 Å². The van der Waals surface area contributed by atoms with Crippen molar-refractivity contribution in [2.24, 2.45) is 0 Å². The summed E-state index contributed by atoms with van der Waals surface area (Å²) in [4.78, 5) is 0. The molecule has 0 aromatic heterocycles. The molecule has 2 nitrogen and oxygen atoms in total. The summed E-state index contributed by atoms with van der Waals surface area (Å²) in [6, 6.07) is 12.1. The molecule has 1 unspecified atom stereocenters. The summed E-state index contributed by atoms with van der Waals surface area (Å²) < 4.78 is 19.6.